The van der Waals surface area contributed by atoms with Gasteiger partial charge in [-0.3, -0.25) is 4.57 Å². The highest BCUT2D eigenvalue weighted by atomic mass is 31.2. The van der Waals surface area contributed by atoms with Crippen LogP contribution in [0.2, 0.25) is 0 Å². The Labute approximate surface area is 200 Å². The minimum atomic E-state index is -4.09. The van der Waals surface area contributed by atoms with Crippen molar-refractivity contribution in [3.8, 4) is 0 Å². The molecule has 1 aromatic carbocycles. The molecule has 2 aliphatic carbocycles. The summed E-state index contributed by atoms with van der Waals surface area (Å²) in [5, 5.41) is 11.3. The van der Waals surface area contributed by atoms with Crippen LogP contribution in [0.25, 0.3) is 0 Å². The molecule has 4 nitrogen and oxygen atoms in total. The molecule has 0 amide bonds. The first-order valence-electron chi connectivity index (χ1n) is 12.9. The van der Waals surface area contributed by atoms with Gasteiger partial charge in [0.1, 0.15) is 5.82 Å². The molecule has 2 saturated carbocycles. The van der Waals surface area contributed by atoms with E-state index in [1.807, 2.05) is 0 Å². The Balaban J connectivity index is 1.96. The van der Waals surface area contributed by atoms with Crippen LogP contribution in [-0.2, 0) is 13.6 Å². The third kappa shape index (κ3) is 6.48. The van der Waals surface area contributed by atoms with Gasteiger partial charge in [0.15, 0.2) is 5.85 Å². The van der Waals surface area contributed by atoms with E-state index in [0.717, 1.165) is 38.5 Å². The topological polar surface area (TPSA) is 55.8 Å². The van der Waals surface area contributed by atoms with E-state index >= 15 is 0 Å². The number of rotatable bonds is 8. The van der Waals surface area contributed by atoms with Crippen molar-refractivity contribution in [2.75, 3.05) is 0 Å². The van der Waals surface area contributed by atoms with Gasteiger partial charge in [-0.05, 0) is 67.3 Å². The third-order valence-electron chi connectivity index (χ3n) is 7.97. The lowest BCUT2D eigenvalue weighted by Gasteiger charge is -2.42. The molecule has 0 spiro atoms. The molecule has 0 saturated heterocycles. The molecule has 1 aromatic rings. The summed E-state index contributed by atoms with van der Waals surface area (Å²) >= 11 is 0. The molecule has 0 aromatic heterocycles. The third-order valence-corrected chi connectivity index (χ3v) is 9.98. The van der Waals surface area contributed by atoms with Gasteiger partial charge >= 0.3 is 7.60 Å². The molecule has 1 unspecified atom stereocenters. The van der Waals surface area contributed by atoms with Crippen molar-refractivity contribution in [1.82, 2.24) is 0 Å². The highest BCUT2D eigenvalue weighted by Crippen LogP contribution is 2.64. The fraction of sp³-hybridized carbons (Fsp3) is 0.778. The van der Waals surface area contributed by atoms with E-state index in [9.17, 15) is 14.1 Å². The molecule has 0 aliphatic heterocycles. The Bertz CT molecular complexity index is 775. The number of hydrogen-bond acceptors (Lipinski definition) is 4. The van der Waals surface area contributed by atoms with Gasteiger partial charge < -0.3 is 14.2 Å². The van der Waals surface area contributed by atoms with Crippen LogP contribution in [0.3, 0.4) is 0 Å². The van der Waals surface area contributed by atoms with Gasteiger partial charge in [0.05, 0.1) is 12.2 Å². The number of aliphatic hydroxyl groups is 1. The Morgan fingerprint density at radius 3 is 1.76 bits per heavy atom. The quantitative estimate of drug-likeness (QED) is 0.382. The maximum absolute atomic E-state index is 14.7. The van der Waals surface area contributed by atoms with E-state index in [4.69, 9.17) is 9.05 Å². The molecule has 0 heterocycles. The Hall–Kier alpha value is -0.740. The van der Waals surface area contributed by atoms with Crippen LogP contribution in [0.15, 0.2) is 24.3 Å². The molecule has 0 bridgehead atoms. The maximum Gasteiger partial charge on any atom is 0.364 e. The van der Waals surface area contributed by atoms with Gasteiger partial charge in [-0.15, -0.1) is 0 Å². The molecular formula is C27H44FO4P. The van der Waals surface area contributed by atoms with Crippen LogP contribution in [0, 0.1) is 41.3 Å². The monoisotopic (exact) mass is 482 g/mol. The summed E-state index contributed by atoms with van der Waals surface area (Å²) in [6, 6.07) is 5.97. The van der Waals surface area contributed by atoms with Crippen molar-refractivity contribution in [1.29, 1.82) is 0 Å². The lowest BCUT2D eigenvalue weighted by atomic mass is 9.75. The maximum atomic E-state index is 14.7. The lowest BCUT2D eigenvalue weighted by Crippen LogP contribution is -2.37. The Morgan fingerprint density at radius 2 is 1.33 bits per heavy atom. The average Bonchev–Trinajstić information content (AvgIpc) is 2.73. The standard InChI is InChI=1S/C27H44FO4P/c1-17(2)21-13-11-19(5)15-25(21)31-33(30,27(29)23-9-7-8-10-24(23)28)32-26-16-20(6)12-14-22(26)18(3)4/h7-10,17-22,25-27,29H,11-16H2,1-6H3/t19-,20+,21+,22-,25+,26-,27-,33?/m1/s1. The van der Waals surface area contributed by atoms with Crippen molar-refractivity contribution in [2.45, 2.75) is 98.1 Å². The van der Waals surface area contributed by atoms with Crippen molar-refractivity contribution in [2.24, 2.45) is 35.5 Å². The highest BCUT2D eigenvalue weighted by molar-refractivity contribution is 7.54. The number of halogens is 1. The Kier molecular flexibility index (Phi) is 9.22. The minimum Gasteiger partial charge on any atom is -0.376 e. The van der Waals surface area contributed by atoms with Gasteiger partial charge in [0.2, 0.25) is 0 Å². The van der Waals surface area contributed by atoms with E-state index in [-0.39, 0.29) is 29.6 Å². The van der Waals surface area contributed by atoms with Crippen molar-refractivity contribution in [3.05, 3.63) is 35.6 Å². The molecular weight excluding hydrogens is 438 g/mol. The summed E-state index contributed by atoms with van der Waals surface area (Å²) in [5.41, 5.74) is -0.0178. The average molecular weight is 483 g/mol. The fourth-order valence-corrected chi connectivity index (χ4v) is 7.91. The van der Waals surface area contributed by atoms with E-state index in [1.54, 1.807) is 12.1 Å². The molecule has 2 fully saturated rings. The second-order valence-electron chi connectivity index (χ2n) is 11.4. The SMILES string of the molecule is CC(C)[C@H]1CC[C@H](C)C[C@H]1OP(=O)(O[C@H]1C[C@H](C)CC[C@H]1C(C)C)[C@@H](O)c1ccccc1F. The lowest BCUT2D eigenvalue weighted by molar-refractivity contribution is -0.0156. The van der Waals surface area contributed by atoms with Gasteiger partial charge in [0.25, 0.3) is 0 Å². The summed E-state index contributed by atoms with van der Waals surface area (Å²) in [6.45, 7) is 13.0. The van der Waals surface area contributed by atoms with Crippen molar-refractivity contribution < 1.29 is 23.1 Å². The first-order chi connectivity index (χ1) is 15.5. The van der Waals surface area contributed by atoms with E-state index in [2.05, 4.69) is 41.5 Å². The molecule has 0 radical (unpaired) electrons. The molecule has 3 rings (SSSR count). The summed E-state index contributed by atoms with van der Waals surface area (Å²) in [5.74, 6) is -0.154. The smallest absolute Gasteiger partial charge is 0.364 e. The number of hydrogen-bond donors (Lipinski definition) is 1. The van der Waals surface area contributed by atoms with Crippen LogP contribution in [0.1, 0.15) is 91.5 Å². The Morgan fingerprint density at radius 1 is 0.879 bits per heavy atom. The van der Waals surface area contributed by atoms with E-state index in [1.165, 1.54) is 12.1 Å². The van der Waals surface area contributed by atoms with Crippen LogP contribution in [0.4, 0.5) is 4.39 Å². The largest absolute Gasteiger partial charge is 0.376 e. The van der Waals surface area contributed by atoms with Gasteiger partial charge in [0, 0.05) is 5.56 Å². The number of benzene rings is 1. The zero-order valence-electron chi connectivity index (χ0n) is 21.2. The summed E-state index contributed by atoms with van der Waals surface area (Å²) in [6.07, 6.45) is 5.20. The molecule has 1 N–H and O–H groups in total. The normalized spacial score (nSPS) is 33.8. The molecule has 6 heteroatoms. The predicted octanol–water partition coefficient (Wildman–Crippen LogP) is 7.96. The van der Waals surface area contributed by atoms with Gasteiger partial charge in [-0.25, -0.2) is 4.39 Å². The fourth-order valence-electron chi connectivity index (χ4n) is 5.84. The van der Waals surface area contributed by atoms with Crippen molar-refractivity contribution in [3.63, 3.8) is 0 Å². The first kappa shape index (κ1) is 26.9. The van der Waals surface area contributed by atoms with Gasteiger partial charge in [-0.2, -0.15) is 0 Å². The minimum absolute atomic E-state index is 0.0178. The van der Waals surface area contributed by atoms with Crippen LogP contribution in [-0.4, -0.2) is 17.3 Å². The van der Waals surface area contributed by atoms with E-state index < -0.39 is 19.3 Å². The summed E-state index contributed by atoms with van der Waals surface area (Å²) in [7, 11) is -4.09. The zero-order valence-corrected chi connectivity index (χ0v) is 22.1. The molecule has 8 atom stereocenters. The van der Waals surface area contributed by atoms with Crippen LogP contribution in [0.5, 0.6) is 0 Å². The molecule has 33 heavy (non-hydrogen) atoms. The van der Waals surface area contributed by atoms with Crippen LogP contribution >= 0.6 is 7.60 Å². The summed E-state index contributed by atoms with van der Waals surface area (Å²) < 4.78 is 41.9. The predicted molar refractivity (Wildman–Crippen MR) is 131 cm³/mol. The van der Waals surface area contributed by atoms with E-state index in [0.29, 0.717) is 23.7 Å². The number of aliphatic hydroxyl groups excluding tert-OH is 1. The second kappa shape index (κ2) is 11.3. The molecule has 188 valence electrons. The van der Waals surface area contributed by atoms with Gasteiger partial charge in [-0.1, -0.05) is 72.6 Å². The first-order valence-corrected chi connectivity index (χ1v) is 14.5. The van der Waals surface area contributed by atoms with Crippen molar-refractivity contribution >= 4 is 7.60 Å². The second-order valence-corrected chi connectivity index (χ2v) is 13.4. The van der Waals surface area contributed by atoms with Crippen LogP contribution < -0.4 is 0 Å². The highest BCUT2D eigenvalue weighted by Gasteiger charge is 2.47. The zero-order chi connectivity index (χ0) is 24.3. The summed E-state index contributed by atoms with van der Waals surface area (Å²) in [4.78, 5) is 0. The molecule has 2 aliphatic rings.